The van der Waals surface area contributed by atoms with Gasteiger partial charge in [0.15, 0.2) is 11.5 Å². The van der Waals surface area contributed by atoms with Crippen molar-refractivity contribution in [1.82, 2.24) is 0 Å². The highest BCUT2D eigenvalue weighted by atomic mass is 16.6. The van der Waals surface area contributed by atoms with Gasteiger partial charge in [-0.25, -0.2) is 0 Å². The molecule has 0 heterocycles. The van der Waals surface area contributed by atoms with Crippen LogP contribution < -0.4 is 18.9 Å². The number of hydrogen-bond donors (Lipinski definition) is 0. The Balaban J connectivity index is 1.91. The number of rotatable bonds is 11. The molecule has 0 aliphatic rings. The first-order chi connectivity index (χ1) is 12.7. The van der Waals surface area contributed by atoms with Crippen LogP contribution in [-0.4, -0.2) is 26.4 Å². The third kappa shape index (κ3) is 5.58. The summed E-state index contributed by atoms with van der Waals surface area (Å²) < 4.78 is 23.0. The molecule has 0 fully saturated rings. The highest BCUT2D eigenvalue weighted by molar-refractivity contribution is 5.51. The van der Waals surface area contributed by atoms with E-state index in [0.717, 1.165) is 12.2 Å². The summed E-state index contributed by atoms with van der Waals surface area (Å²) in [6.45, 7) is 10.3. The van der Waals surface area contributed by atoms with E-state index in [9.17, 15) is 0 Å². The molecule has 0 saturated carbocycles. The van der Waals surface area contributed by atoms with Crippen LogP contribution in [0.3, 0.4) is 0 Å². The minimum atomic E-state index is 0.414. The van der Waals surface area contributed by atoms with Crippen molar-refractivity contribution in [3.63, 3.8) is 0 Å². The topological polar surface area (TPSA) is 36.9 Å². The number of para-hydroxylation sites is 1. The van der Waals surface area contributed by atoms with Crippen molar-refractivity contribution in [2.75, 3.05) is 26.4 Å². The van der Waals surface area contributed by atoms with Gasteiger partial charge in [-0.1, -0.05) is 32.0 Å². The van der Waals surface area contributed by atoms with E-state index in [4.69, 9.17) is 18.9 Å². The quantitative estimate of drug-likeness (QED) is 0.500. The number of benzene rings is 2. The van der Waals surface area contributed by atoms with Crippen LogP contribution >= 0.6 is 0 Å². The molecule has 1 atom stereocenters. The molecule has 0 N–H and O–H groups in total. The van der Waals surface area contributed by atoms with E-state index in [1.165, 1.54) is 5.56 Å². The van der Waals surface area contributed by atoms with Gasteiger partial charge in [-0.3, -0.25) is 0 Å². The van der Waals surface area contributed by atoms with Crippen LogP contribution in [0.5, 0.6) is 23.0 Å². The maximum absolute atomic E-state index is 5.90. The third-order valence-electron chi connectivity index (χ3n) is 4.20. The summed E-state index contributed by atoms with van der Waals surface area (Å²) in [4.78, 5) is 0. The lowest BCUT2D eigenvalue weighted by molar-refractivity contribution is 0.199. The summed E-state index contributed by atoms with van der Waals surface area (Å²) in [6.07, 6.45) is 1.13. The molecule has 0 aliphatic carbocycles. The van der Waals surface area contributed by atoms with Crippen molar-refractivity contribution in [2.45, 2.75) is 40.0 Å². The number of hydrogen-bond acceptors (Lipinski definition) is 4. The van der Waals surface area contributed by atoms with Crippen LogP contribution in [0.4, 0.5) is 0 Å². The summed E-state index contributed by atoms with van der Waals surface area (Å²) in [7, 11) is 0. The fourth-order valence-electron chi connectivity index (χ4n) is 2.61. The molecule has 0 bridgehead atoms. The minimum Gasteiger partial charge on any atom is -0.490 e. The van der Waals surface area contributed by atoms with Crippen molar-refractivity contribution in [1.29, 1.82) is 0 Å². The fourth-order valence-corrected chi connectivity index (χ4v) is 2.61. The average molecular weight is 358 g/mol. The van der Waals surface area contributed by atoms with E-state index >= 15 is 0 Å². The van der Waals surface area contributed by atoms with Gasteiger partial charge in [-0.15, -0.1) is 0 Å². The summed E-state index contributed by atoms with van der Waals surface area (Å²) in [5, 5.41) is 0. The normalized spacial score (nSPS) is 11.7. The van der Waals surface area contributed by atoms with E-state index < -0.39 is 0 Å². The Hall–Kier alpha value is -2.36. The largest absolute Gasteiger partial charge is 0.490 e. The van der Waals surface area contributed by atoms with Crippen molar-refractivity contribution in [2.24, 2.45) is 0 Å². The molecule has 4 nitrogen and oxygen atoms in total. The van der Waals surface area contributed by atoms with E-state index in [1.54, 1.807) is 0 Å². The molecule has 26 heavy (non-hydrogen) atoms. The molecule has 2 rings (SSSR count). The smallest absolute Gasteiger partial charge is 0.203 e. The van der Waals surface area contributed by atoms with Crippen molar-refractivity contribution >= 4 is 0 Å². The van der Waals surface area contributed by atoms with E-state index in [1.807, 2.05) is 44.2 Å². The first-order valence-corrected chi connectivity index (χ1v) is 9.43. The van der Waals surface area contributed by atoms with Crippen LogP contribution in [-0.2, 0) is 0 Å². The molecule has 0 aromatic heterocycles. The molecule has 0 spiro atoms. The van der Waals surface area contributed by atoms with Crippen LogP contribution in [0.1, 0.15) is 45.6 Å². The minimum absolute atomic E-state index is 0.414. The van der Waals surface area contributed by atoms with E-state index in [2.05, 4.69) is 26.0 Å². The van der Waals surface area contributed by atoms with Gasteiger partial charge < -0.3 is 18.9 Å². The second-order valence-electron chi connectivity index (χ2n) is 6.02. The van der Waals surface area contributed by atoms with Gasteiger partial charge in [0.1, 0.15) is 19.0 Å². The molecule has 0 radical (unpaired) electrons. The summed E-state index contributed by atoms with van der Waals surface area (Å²) in [5.41, 5.74) is 1.34. The molecular weight excluding hydrogens is 328 g/mol. The molecule has 0 aliphatic heterocycles. The van der Waals surface area contributed by atoms with Gasteiger partial charge in [-0.05, 0) is 56.0 Å². The zero-order chi connectivity index (χ0) is 18.8. The summed E-state index contributed by atoms with van der Waals surface area (Å²) in [6, 6.07) is 14.0. The van der Waals surface area contributed by atoms with Crippen LogP contribution in [0.15, 0.2) is 42.5 Å². The standard InChI is InChI=1S/C22H30O4/c1-5-17(4)18-11-13-19(14-12-18)25-15-16-26-22-20(23-6-2)9-8-10-21(22)24-7-3/h8-14,17H,5-7,15-16H2,1-4H3. The Morgan fingerprint density at radius 1 is 0.731 bits per heavy atom. The van der Waals surface area contributed by atoms with Gasteiger partial charge in [0.2, 0.25) is 5.75 Å². The molecule has 2 aromatic rings. The fraction of sp³-hybridized carbons (Fsp3) is 0.455. The van der Waals surface area contributed by atoms with Gasteiger partial charge in [0, 0.05) is 0 Å². The summed E-state index contributed by atoms with van der Waals surface area (Å²) >= 11 is 0. The first-order valence-electron chi connectivity index (χ1n) is 9.43. The van der Waals surface area contributed by atoms with E-state index in [0.29, 0.717) is 49.6 Å². The predicted octanol–water partition coefficient (Wildman–Crippen LogP) is 5.46. The lowest BCUT2D eigenvalue weighted by Crippen LogP contribution is -2.11. The van der Waals surface area contributed by atoms with Gasteiger partial charge in [0.05, 0.1) is 13.2 Å². The third-order valence-corrected chi connectivity index (χ3v) is 4.20. The molecule has 0 amide bonds. The highest BCUT2D eigenvalue weighted by Crippen LogP contribution is 2.37. The van der Waals surface area contributed by atoms with Gasteiger partial charge >= 0.3 is 0 Å². The Morgan fingerprint density at radius 3 is 1.85 bits per heavy atom. The summed E-state index contributed by atoms with van der Waals surface area (Å²) in [5.74, 6) is 3.43. The van der Waals surface area contributed by atoms with Crippen LogP contribution in [0, 0.1) is 0 Å². The molecule has 1 unspecified atom stereocenters. The molecule has 0 saturated heterocycles. The average Bonchev–Trinajstić information content (AvgIpc) is 2.67. The van der Waals surface area contributed by atoms with Gasteiger partial charge in [-0.2, -0.15) is 0 Å². The van der Waals surface area contributed by atoms with Crippen LogP contribution in [0.25, 0.3) is 0 Å². The maximum Gasteiger partial charge on any atom is 0.203 e. The Labute approximate surface area is 157 Å². The molecule has 142 valence electrons. The maximum atomic E-state index is 5.90. The first kappa shape index (κ1) is 20.0. The van der Waals surface area contributed by atoms with Crippen molar-refractivity contribution in [3.8, 4) is 23.0 Å². The lowest BCUT2D eigenvalue weighted by atomic mass is 9.99. The highest BCUT2D eigenvalue weighted by Gasteiger charge is 2.12. The Morgan fingerprint density at radius 2 is 1.31 bits per heavy atom. The SMILES string of the molecule is CCOc1cccc(OCC)c1OCCOc1ccc(C(C)CC)cc1. The van der Waals surface area contributed by atoms with E-state index in [-0.39, 0.29) is 0 Å². The molecule has 4 heteroatoms. The molecular formula is C22H30O4. The zero-order valence-electron chi connectivity index (χ0n) is 16.3. The van der Waals surface area contributed by atoms with Gasteiger partial charge in [0.25, 0.3) is 0 Å². The van der Waals surface area contributed by atoms with Crippen molar-refractivity contribution < 1.29 is 18.9 Å². The lowest BCUT2D eigenvalue weighted by Gasteiger charge is -2.16. The van der Waals surface area contributed by atoms with Crippen molar-refractivity contribution in [3.05, 3.63) is 48.0 Å². The number of ether oxygens (including phenoxy) is 4. The Kier molecular flexibility index (Phi) is 8.13. The molecule has 2 aromatic carbocycles. The second-order valence-corrected chi connectivity index (χ2v) is 6.02. The Bertz CT molecular complexity index is 627. The monoisotopic (exact) mass is 358 g/mol. The zero-order valence-corrected chi connectivity index (χ0v) is 16.3. The second kappa shape index (κ2) is 10.6. The predicted molar refractivity (Wildman–Crippen MR) is 105 cm³/mol. The van der Waals surface area contributed by atoms with Crippen LogP contribution in [0.2, 0.25) is 0 Å².